The van der Waals surface area contributed by atoms with Crippen LogP contribution in [0.5, 0.6) is 0 Å². The number of benzene rings is 1. The fourth-order valence-corrected chi connectivity index (χ4v) is 2.28. The van der Waals surface area contributed by atoms with Gasteiger partial charge in [0.1, 0.15) is 6.61 Å². The van der Waals surface area contributed by atoms with Crippen LogP contribution in [0.25, 0.3) is 0 Å². The molecular weight excluding hydrogens is 258 g/mol. The van der Waals surface area contributed by atoms with Crippen molar-refractivity contribution in [2.45, 2.75) is 6.42 Å². The third kappa shape index (κ3) is 3.95. The van der Waals surface area contributed by atoms with E-state index in [2.05, 4.69) is 17.2 Å². The molecule has 0 spiro atoms. The summed E-state index contributed by atoms with van der Waals surface area (Å²) in [5.74, 6) is 5.32. The van der Waals surface area contributed by atoms with Gasteiger partial charge in [0.15, 0.2) is 0 Å². The minimum Gasteiger partial charge on any atom is -0.384 e. The number of amides is 1. The van der Waals surface area contributed by atoms with Gasteiger partial charge in [0, 0.05) is 5.56 Å². The predicted molar refractivity (Wildman–Crippen MR) is 77.1 cm³/mol. The second kappa shape index (κ2) is 6.74. The van der Waals surface area contributed by atoms with Crippen LogP contribution in [0.4, 0.5) is 5.69 Å². The zero-order valence-electron chi connectivity index (χ0n) is 10.2. The second-order valence-corrected chi connectivity index (χ2v) is 4.64. The Morgan fingerprint density at radius 3 is 2.89 bits per heavy atom. The third-order valence-corrected chi connectivity index (χ3v) is 3.18. The highest BCUT2D eigenvalue weighted by molar-refractivity contribution is 7.08. The number of aliphatic hydroxyl groups excluding tert-OH is 1. The Labute approximate surface area is 115 Å². The largest absolute Gasteiger partial charge is 0.384 e. The minimum atomic E-state index is -0.197. The summed E-state index contributed by atoms with van der Waals surface area (Å²) in [6.07, 6.45) is 0.352. The molecule has 0 aliphatic heterocycles. The summed E-state index contributed by atoms with van der Waals surface area (Å²) in [5, 5.41) is 15.5. The van der Waals surface area contributed by atoms with Crippen LogP contribution in [0.3, 0.4) is 0 Å². The summed E-state index contributed by atoms with van der Waals surface area (Å²) in [7, 11) is 0. The van der Waals surface area contributed by atoms with E-state index in [-0.39, 0.29) is 12.5 Å². The van der Waals surface area contributed by atoms with Crippen molar-refractivity contribution in [2.24, 2.45) is 0 Å². The van der Waals surface area contributed by atoms with Gasteiger partial charge in [-0.25, -0.2) is 0 Å². The maximum absolute atomic E-state index is 11.9. The number of thiophene rings is 1. The van der Waals surface area contributed by atoms with Crippen LogP contribution < -0.4 is 5.32 Å². The van der Waals surface area contributed by atoms with Crippen LogP contribution >= 0.6 is 11.3 Å². The molecule has 0 aliphatic carbocycles. The molecule has 0 saturated heterocycles. The monoisotopic (exact) mass is 271 g/mol. The van der Waals surface area contributed by atoms with Crippen LogP contribution in [-0.2, 0) is 11.2 Å². The van der Waals surface area contributed by atoms with E-state index >= 15 is 0 Å². The molecule has 2 N–H and O–H groups in total. The molecule has 1 aromatic carbocycles. The van der Waals surface area contributed by atoms with E-state index in [0.29, 0.717) is 17.7 Å². The Kier molecular flexibility index (Phi) is 4.73. The summed E-state index contributed by atoms with van der Waals surface area (Å²) >= 11 is 1.57. The second-order valence-electron chi connectivity index (χ2n) is 3.86. The van der Waals surface area contributed by atoms with Crippen LogP contribution in [0.2, 0.25) is 0 Å². The minimum absolute atomic E-state index is 0.0725. The summed E-state index contributed by atoms with van der Waals surface area (Å²) in [5.41, 5.74) is 2.38. The number of hydrogen-bond donors (Lipinski definition) is 2. The molecule has 0 unspecified atom stereocenters. The van der Waals surface area contributed by atoms with Gasteiger partial charge < -0.3 is 10.4 Å². The maximum Gasteiger partial charge on any atom is 0.228 e. The van der Waals surface area contributed by atoms with Crippen molar-refractivity contribution >= 4 is 22.9 Å². The highest BCUT2D eigenvalue weighted by atomic mass is 32.1. The number of carbonyl (C=O) groups is 1. The topological polar surface area (TPSA) is 49.3 Å². The van der Waals surface area contributed by atoms with Crippen molar-refractivity contribution < 1.29 is 9.90 Å². The van der Waals surface area contributed by atoms with Gasteiger partial charge in [0.05, 0.1) is 12.1 Å². The average molecular weight is 271 g/mol. The Morgan fingerprint density at radius 1 is 1.32 bits per heavy atom. The van der Waals surface area contributed by atoms with Gasteiger partial charge in [-0.2, -0.15) is 11.3 Å². The van der Waals surface area contributed by atoms with Crippen molar-refractivity contribution in [1.82, 2.24) is 0 Å². The van der Waals surface area contributed by atoms with E-state index in [9.17, 15) is 4.79 Å². The smallest absolute Gasteiger partial charge is 0.228 e. The van der Waals surface area contributed by atoms with E-state index in [1.165, 1.54) is 0 Å². The van der Waals surface area contributed by atoms with Gasteiger partial charge >= 0.3 is 0 Å². The highest BCUT2D eigenvalue weighted by Crippen LogP contribution is 2.14. The first-order chi connectivity index (χ1) is 9.29. The van der Waals surface area contributed by atoms with Gasteiger partial charge in [-0.1, -0.05) is 24.0 Å². The van der Waals surface area contributed by atoms with Gasteiger partial charge in [-0.05, 0) is 34.5 Å². The number of hydrogen-bond acceptors (Lipinski definition) is 3. The molecule has 0 radical (unpaired) electrons. The fraction of sp³-hybridized carbons (Fsp3) is 0.133. The van der Waals surface area contributed by atoms with Crippen molar-refractivity contribution in [2.75, 3.05) is 11.9 Å². The predicted octanol–water partition coefficient (Wildman–Crippen LogP) is 2.27. The number of para-hydroxylation sites is 1. The normalized spacial score (nSPS) is 9.53. The van der Waals surface area contributed by atoms with Crippen molar-refractivity contribution in [3.63, 3.8) is 0 Å². The maximum atomic E-state index is 11.9. The molecule has 96 valence electrons. The lowest BCUT2D eigenvalue weighted by Gasteiger charge is -2.06. The Bertz CT molecular complexity index is 609. The van der Waals surface area contributed by atoms with Gasteiger partial charge in [-0.3, -0.25) is 4.79 Å². The Morgan fingerprint density at radius 2 is 2.16 bits per heavy atom. The Balaban J connectivity index is 2.08. The molecule has 2 aromatic rings. The van der Waals surface area contributed by atoms with Crippen LogP contribution in [0.1, 0.15) is 11.1 Å². The van der Waals surface area contributed by atoms with E-state index in [1.54, 1.807) is 17.4 Å². The lowest BCUT2D eigenvalue weighted by molar-refractivity contribution is -0.115. The molecule has 0 saturated carbocycles. The molecule has 1 aromatic heterocycles. The molecule has 0 aliphatic rings. The molecule has 19 heavy (non-hydrogen) atoms. The van der Waals surface area contributed by atoms with Crippen molar-refractivity contribution in [1.29, 1.82) is 0 Å². The van der Waals surface area contributed by atoms with Crippen molar-refractivity contribution in [3.8, 4) is 11.8 Å². The fourth-order valence-electron chi connectivity index (χ4n) is 1.61. The first kappa shape index (κ1) is 13.3. The molecular formula is C15H13NO2S. The highest BCUT2D eigenvalue weighted by Gasteiger charge is 2.06. The molecule has 0 atom stereocenters. The standard InChI is InChI=1S/C15H13NO2S/c17-8-3-5-13-4-1-2-6-14(13)16-15(18)10-12-7-9-19-11-12/h1-2,4,6-7,9,11,17H,8,10H2,(H,16,18). The molecule has 0 fully saturated rings. The summed E-state index contributed by atoms with van der Waals surface area (Å²) < 4.78 is 0. The first-order valence-electron chi connectivity index (χ1n) is 5.79. The van der Waals surface area contributed by atoms with Gasteiger partial charge in [0.25, 0.3) is 0 Å². The Hall–Kier alpha value is -2.09. The third-order valence-electron chi connectivity index (χ3n) is 2.45. The summed E-state index contributed by atoms with van der Waals surface area (Å²) in [6, 6.07) is 9.22. The molecule has 1 amide bonds. The van der Waals surface area contributed by atoms with E-state index in [4.69, 9.17) is 5.11 Å². The van der Waals surface area contributed by atoms with Gasteiger partial charge in [-0.15, -0.1) is 0 Å². The van der Waals surface area contributed by atoms with Crippen LogP contribution in [0.15, 0.2) is 41.1 Å². The zero-order chi connectivity index (χ0) is 13.5. The molecule has 0 bridgehead atoms. The van der Waals surface area contributed by atoms with Crippen LogP contribution in [-0.4, -0.2) is 17.6 Å². The van der Waals surface area contributed by atoms with Crippen LogP contribution in [0, 0.1) is 11.8 Å². The lowest BCUT2D eigenvalue weighted by atomic mass is 10.1. The molecule has 1 heterocycles. The molecule has 2 rings (SSSR count). The number of rotatable bonds is 3. The van der Waals surface area contributed by atoms with Gasteiger partial charge in [0.2, 0.25) is 5.91 Å². The van der Waals surface area contributed by atoms with Crippen molar-refractivity contribution in [3.05, 3.63) is 52.2 Å². The molecule has 4 heteroatoms. The van der Waals surface area contributed by atoms with E-state index in [1.807, 2.05) is 35.0 Å². The van der Waals surface area contributed by atoms with E-state index < -0.39 is 0 Å². The molecule has 3 nitrogen and oxygen atoms in total. The average Bonchev–Trinajstić information content (AvgIpc) is 2.90. The number of carbonyl (C=O) groups excluding carboxylic acids is 1. The first-order valence-corrected chi connectivity index (χ1v) is 6.73. The number of nitrogens with one attached hydrogen (secondary N) is 1. The number of anilines is 1. The van der Waals surface area contributed by atoms with E-state index in [0.717, 1.165) is 5.56 Å². The lowest BCUT2D eigenvalue weighted by Crippen LogP contribution is -2.14. The summed E-state index contributed by atoms with van der Waals surface area (Å²) in [6.45, 7) is -0.197. The zero-order valence-corrected chi connectivity index (χ0v) is 11.0. The summed E-state index contributed by atoms with van der Waals surface area (Å²) in [4.78, 5) is 11.9. The quantitative estimate of drug-likeness (QED) is 0.841. The number of aliphatic hydroxyl groups is 1. The SMILES string of the molecule is O=C(Cc1ccsc1)Nc1ccccc1C#CCO.